The zero-order valence-corrected chi connectivity index (χ0v) is 17.9. The molecule has 1 heterocycles. The third-order valence-corrected chi connectivity index (χ3v) is 7.72. The number of ether oxygens (including phenoxy) is 4. The van der Waals surface area contributed by atoms with Gasteiger partial charge in [0.05, 0.1) is 17.1 Å². The maximum atomic E-state index is 13.5. The van der Waals surface area contributed by atoms with E-state index in [4.69, 9.17) is 18.9 Å². The second-order valence-electron chi connectivity index (χ2n) is 10.7. The van der Waals surface area contributed by atoms with Crippen molar-refractivity contribution in [3.8, 4) is 0 Å². The first-order chi connectivity index (χ1) is 14.9. The lowest BCUT2D eigenvalue weighted by molar-refractivity contribution is -0.279. The van der Waals surface area contributed by atoms with Crippen LogP contribution < -0.4 is 0 Å². The van der Waals surface area contributed by atoms with Gasteiger partial charge in [-0.1, -0.05) is 0 Å². The second kappa shape index (κ2) is 7.09. The number of aliphatic hydroxyl groups is 1. The van der Waals surface area contributed by atoms with Crippen LogP contribution in [0.5, 0.6) is 0 Å². The summed E-state index contributed by atoms with van der Waals surface area (Å²) in [5, 5.41) is 11.0. The molecule has 5 saturated carbocycles. The minimum absolute atomic E-state index is 0.0567. The summed E-state index contributed by atoms with van der Waals surface area (Å²) < 4.78 is 49.0. The molecule has 0 spiro atoms. The third kappa shape index (κ3) is 3.89. The van der Waals surface area contributed by atoms with E-state index in [0.717, 1.165) is 0 Å². The van der Waals surface area contributed by atoms with Crippen LogP contribution >= 0.6 is 0 Å². The number of alkyl halides is 2. The summed E-state index contributed by atoms with van der Waals surface area (Å²) >= 11 is 0. The van der Waals surface area contributed by atoms with Crippen LogP contribution in [0.25, 0.3) is 0 Å². The molecule has 178 valence electrons. The van der Waals surface area contributed by atoms with Gasteiger partial charge in [0.25, 0.3) is 0 Å². The molecule has 1 aliphatic heterocycles. The van der Waals surface area contributed by atoms with Gasteiger partial charge < -0.3 is 24.1 Å². The maximum Gasteiger partial charge on any atom is 0.377 e. The van der Waals surface area contributed by atoms with Gasteiger partial charge in [-0.25, -0.2) is 9.59 Å². The highest BCUT2D eigenvalue weighted by Crippen LogP contribution is 2.62. The number of halogens is 2. The number of rotatable bonds is 6. The van der Waals surface area contributed by atoms with E-state index in [-0.39, 0.29) is 43.7 Å². The molecule has 0 amide bonds. The van der Waals surface area contributed by atoms with Gasteiger partial charge in [-0.3, -0.25) is 4.79 Å². The van der Waals surface area contributed by atoms with E-state index in [0.29, 0.717) is 45.4 Å². The first-order valence-corrected chi connectivity index (χ1v) is 11.3. The number of carbonyl (C=O) groups excluding carboxylic acids is 3. The Morgan fingerprint density at radius 3 is 2.59 bits per heavy atom. The van der Waals surface area contributed by atoms with E-state index in [1.165, 1.54) is 0 Å². The third-order valence-electron chi connectivity index (χ3n) is 7.72. The van der Waals surface area contributed by atoms with Crippen LogP contribution in [0, 0.1) is 11.8 Å². The molecule has 10 heteroatoms. The largest absolute Gasteiger partial charge is 0.458 e. The standard InChI is InChI=1S/C22H28F2O8/c1-19(23,24)18(27)32-22-7-12-5-20(28,10-22)9-21(6-12,11-22)29-8-16(25)30-14-3-2-13-4-15(14)31-17(13)26/h12-15,28H,2-11H2,1H3. The van der Waals surface area contributed by atoms with Crippen molar-refractivity contribution in [2.24, 2.45) is 11.8 Å². The van der Waals surface area contributed by atoms with Crippen LogP contribution in [-0.2, 0) is 33.3 Å². The minimum atomic E-state index is -3.63. The molecule has 0 radical (unpaired) electrons. The van der Waals surface area contributed by atoms with Gasteiger partial charge in [-0.15, -0.1) is 0 Å². The fraction of sp³-hybridized carbons (Fsp3) is 0.864. The lowest BCUT2D eigenvalue weighted by atomic mass is 9.50. The first-order valence-electron chi connectivity index (χ1n) is 11.3. The number of esters is 3. The normalized spacial score (nSPS) is 44.3. The van der Waals surface area contributed by atoms with Gasteiger partial charge in [0.15, 0.2) is 0 Å². The van der Waals surface area contributed by atoms with Crippen molar-refractivity contribution in [2.75, 3.05) is 6.61 Å². The van der Waals surface area contributed by atoms with Crippen LogP contribution in [0.3, 0.4) is 0 Å². The lowest BCUT2D eigenvalue weighted by Crippen LogP contribution is -2.68. The molecule has 7 atom stereocenters. The topological polar surface area (TPSA) is 108 Å². The summed E-state index contributed by atoms with van der Waals surface area (Å²) in [6.07, 6.45) is 2.69. The van der Waals surface area contributed by atoms with Crippen molar-refractivity contribution in [1.82, 2.24) is 0 Å². The van der Waals surface area contributed by atoms with Gasteiger partial charge >= 0.3 is 23.8 Å². The molecule has 7 unspecified atom stereocenters. The molecule has 0 aromatic carbocycles. The number of hydrogen-bond donors (Lipinski definition) is 1. The van der Waals surface area contributed by atoms with Crippen molar-refractivity contribution in [3.05, 3.63) is 0 Å². The summed E-state index contributed by atoms with van der Waals surface area (Å²) in [4.78, 5) is 36.1. The quantitative estimate of drug-likeness (QED) is 0.476. The van der Waals surface area contributed by atoms with Gasteiger partial charge in [0.1, 0.15) is 24.4 Å². The predicted octanol–water partition coefficient (Wildman–Crippen LogP) is 2.04. The van der Waals surface area contributed by atoms with E-state index in [2.05, 4.69) is 0 Å². The molecule has 6 rings (SSSR count). The van der Waals surface area contributed by atoms with E-state index < -0.39 is 46.9 Å². The molecular weight excluding hydrogens is 430 g/mol. The Hall–Kier alpha value is -1.81. The maximum absolute atomic E-state index is 13.5. The Morgan fingerprint density at radius 2 is 1.88 bits per heavy atom. The Bertz CT molecular complexity index is 842. The fourth-order valence-electron chi connectivity index (χ4n) is 7.01. The molecule has 1 saturated heterocycles. The molecular formula is C22H28F2O8. The van der Waals surface area contributed by atoms with Gasteiger partial charge in [-0.05, 0) is 38.0 Å². The summed E-state index contributed by atoms with van der Waals surface area (Å²) in [7, 11) is 0. The molecule has 32 heavy (non-hydrogen) atoms. The predicted molar refractivity (Wildman–Crippen MR) is 101 cm³/mol. The van der Waals surface area contributed by atoms with E-state index in [1.54, 1.807) is 0 Å². The highest BCUT2D eigenvalue weighted by molar-refractivity contribution is 5.77. The number of hydrogen-bond acceptors (Lipinski definition) is 8. The molecule has 5 aliphatic carbocycles. The molecule has 1 N–H and O–H groups in total. The van der Waals surface area contributed by atoms with Crippen molar-refractivity contribution in [2.45, 2.75) is 99.6 Å². The van der Waals surface area contributed by atoms with E-state index in [9.17, 15) is 28.3 Å². The number of carbonyl (C=O) groups is 3. The zero-order chi connectivity index (χ0) is 22.9. The molecule has 8 nitrogen and oxygen atoms in total. The highest BCUT2D eigenvalue weighted by atomic mass is 19.3. The van der Waals surface area contributed by atoms with Crippen LogP contribution in [0.2, 0.25) is 0 Å². The smallest absolute Gasteiger partial charge is 0.377 e. The Balaban J connectivity index is 1.24. The lowest BCUT2D eigenvalue weighted by Gasteiger charge is -2.63. The van der Waals surface area contributed by atoms with Crippen LogP contribution in [0.15, 0.2) is 0 Å². The summed E-state index contributed by atoms with van der Waals surface area (Å²) in [6, 6.07) is 0. The second-order valence-corrected chi connectivity index (χ2v) is 10.7. The summed E-state index contributed by atoms with van der Waals surface area (Å²) in [6.45, 7) is 0.110. The van der Waals surface area contributed by atoms with Crippen molar-refractivity contribution < 1.29 is 47.2 Å². The molecule has 0 aromatic heterocycles. The summed E-state index contributed by atoms with van der Waals surface area (Å²) in [5.41, 5.74) is -3.37. The van der Waals surface area contributed by atoms with Gasteiger partial charge in [0.2, 0.25) is 0 Å². The van der Waals surface area contributed by atoms with Gasteiger partial charge in [0, 0.05) is 32.6 Å². The van der Waals surface area contributed by atoms with Gasteiger partial charge in [-0.2, -0.15) is 8.78 Å². The monoisotopic (exact) mass is 458 g/mol. The SMILES string of the molecule is CC(F)(F)C(=O)OC12CC3CC(O)(CC(OCC(=O)OC4CCC5CC4OC5=O)(C3)C1)C2. The first kappa shape index (κ1) is 22.0. The summed E-state index contributed by atoms with van der Waals surface area (Å²) in [5.74, 6) is -6.27. The van der Waals surface area contributed by atoms with Crippen molar-refractivity contribution >= 4 is 17.9 Å². The fourth-order valence-corrected chi connectivity index (χ4v) is 7.01. The van der Waals surface area contributed by atoms with E-state index in [1.807, 2.05) is 0 Å². The Kier molecular flexibility index (Phi) is 4.88. The zero-order valence-electron chi connectivity index (χ0n) is 17.9. The average Bonchev–Trinajstić information content (AvgIpc) is 2.94. The molecule has 6 aliphatic rings. The van der Waals surface area contributed by atoms with E-state index >= 15 is 0 Å². The Labute approximate surface area is 183 Å². The minimum Gasteiger partial charge on any atom is -0.458 e. The molecule has 0 aromatic rings. The highest BCUT2D eigenvalue weighted by Gasteiger charge is 2.66. The van der Waals surface area contributed by atoms with Crippen LogP contribution in [0.4, 0.5) is 8.78 Å². The Morgan fingerprint density at radius 1 is 1.16 bits per heavy atom. The molecule has 6 fully saturated rings. The molecule has 6 bridgehead atoms. The van der Waals surface area contributed by atoms with Crippen LogP contribution in [-0.4, -0.2) is 64.6 Å². The van der Waals surface area contributed by atoms with Crippen molar-refractivity contribution in [1.29, 1.82) is 0 Å². The van der Waals surface area contributed by atoms with Crippen LogP contribution in [0.1, 0.15) is 64.7 Å². The number of fused-ring (bicyclic) bond motifs is 2. The average molecular weight is 458 g/mol. The van der Waals surface area contributed by atoms with Crippen molar-refractivity contribution in [3.63, 3.8) is 0 Å².